The summed E-state index contributed by atoms with van der Waals surface area (Å²) in [5.74, 6) is -1.14. The number of hydrogen-bond acceptors (Lipinski definition) is 16. The molecule has 2 aromatic carbocycles. The van der Waals surface area contributed by atoms with E-state index < -0.39 is 95.9 Å². The summed E-state index contributed by atoms with van der Waals surface area (Å²) in [6, 6.07) is 7.26. The van der Waals surface area contributed by atoms with E-state index in [4.69, 9.17) is 28.1 Å². The third kappa shape index (κ3) is 7.34. The van der Waals surface area contributed by atoms with E-state index in [2.05, 4.69) is 0 Å². The van der Waals surface area contributed by atoms with Gasteiger partial charge in [-0.25, -0.2) is 0 Å². The third-order valence-corrected chi connectivity index (χ3v) is 8.64. The van der Waals surface area contributed by atoms with Gasteiger partial charge in [0.05, 0.1) is 25.4 Å². The second-order valence-electron chi connectivity index (χ2n) is 12.8. The fourth-order valence-electron chi connectivity index (χ4n) is 5.69. The Morgan fingerprint density at radius 3 is 2.06 bits per heavy atom. The molecule has 0 aliphatic carbocycles. The monoisotopic (exact) mass is 694 g/mol. The Labute approximate surface area is 279 Å². The molecule has 16 heteroatoms. The molecule has 3 aromatic rings. The van der Waals surface area contributed by atoms with Gasteiger partial charge >= 0.3 is 0 Å². The Hall–Kier alpha value is -3.55. The number of phenolic OH excluding ortho intramolecular Hbond substituents is 1. The highest BCUT2D eigenvalue weighted by Crippen LogP contribution is 2.42. The van der Waals surface area contributed by atoms with Gasteiger partial charge in [0.15, 0.2) is 5.76 Å². The van der Waals surface area contributed by atoms with Crippen molar-refractivity contribution in [2.24, 2.45) is 0 Å². The van der Waals surface area contributed by atoms with Crippen LogP contribution in [0.25, 0.3) is 22.3 Å². The van der Waals surface area contributed by atoms with Gasteiger partial charge < -0.3 is 74.1 Å². The first-order valence-electron chi connectivity index (χ1n) is 15.6. The van der Waals surface area contributed by atoms with Gasteiger partial charge in [-0.15, -0.1) is 0 Å². The molecule has 0 spiro atoms. The van der Waals surface area contributed by atoms with Crippen LogP contribution >= 0.6 is 0 Å². The number of aromatic hydroxyl groups is 1. The van der Waals surface area contributed by atoms with Gasteiger partial charge in [-0.05, 0) is 57.9 Å². The molecule has 10 atom stereocenters. The molecule has 49 heavy (non-hydrogen) atoms. The van der Waals surface area contributed by atoms with Gasteiger partial charge in [0.25, 0.3) is 0 Å². The molecule has 5 rings (SSSR count). The number of aliphatic hydroxyl groups is 8. The Morgan fingerprint density at radius 2 is 1.47 bits per heavy atom. The summed E-state index contributed by atoms with van der Waals surface area (Å²) < 4.78 is 34.4. The van der Waals surface area contributed by atoms with Crippen LogP contribution in [-0.4, -0.2) is 127 Å². The molecule has 2 aliphatic rings. The molecule has 1 aromatic heterocycles. The molecular weight excluding hydrogens is 652 g/mol. The number of aliphatic hydroxyl groups excluding tert-OH is 7. The quantitative estimate of drug-likeness (QED) is 0.127. The summed E-state index contributed by atoms with van der Waals surface area (Å²) in [5, 5.41) is 93.5. The van der Waals surface area contributed by atoms with Gasteiger partial charge in [0.1, 0.15) is 70.9 Å². The molecule has 2 aliphatic heterocycles. The van der Waals surface area contributed by atoms with Crippen LogP contribution in [0, 0.1) is 0 Å². The first-order chi connectivity index (χ1) is 23.1. The standard InChI is InChI=1S/C33H42O16/c1-13-21(36)24(39)26(41)31(45-13)49-30-23(38)20-17(35)11-18(46-32-27(42)25(40)22(37)19(12-34)47-32)16(9-10-33(2,3)43)29(20)48-28(30)14-5-7-15(44-4)8-6-14/h5-8,11,13,19,21-22,24-27,31-32,34-37,39-43H,9-10,12H2,1-4H3/t13-,19+,21-,22+,24+,25-,26+,27+,31-,32+/m0/s1. The SMILES string of the molecule is COc1ccc(-c2oc3c(CCC(C)(C)O)c(O[C@@H]4O[C@H](CO)[C@@H](O)[C@H](O)[C@H]4O)cc(O)c3c(=O)c2O[C@@H]2O[C@@H](C)[C@H](O)[C@@H](O)[C@H]2O)cc1. The summed E-state index contributed by atoms with van der Waals surface area (Å²) in [6.45, 7) is 3.79. The van der Waals surface area contributed by atoms with Crippen molar-refractivity contribution in [2.75, 3.05) is 13.7 Å². The fraction of sp³-hybridized carbons (Fsp3) is 0.545. The minimum Gasteiger partial charge on any atom is -0.507 e. The summed E-state index contributed by atoms with van der Waals surface area (Å²) >= 11 is 0. The minimum absolute atomic E-state index is 0.0374. The summed E-state index contributed by atoms with van der Waals surface area (Å²) in [6.07, 6.45) is -15.8. The van der Waals surface area contributed by atoms with Crippen LogP contribution in [-0.2, 0) is 15.9 Å². The average molecular weight is 695 g/mol. The number of hydrogen-bond donors (Lipinski definition) is 9. The van der Waals surface area contributed by atoms with Crippen molar-refractivity contribution < 1.29 is 74.1 Å². The number of ether oxygens (including phenoxy) is 5. The lowest BCUT2D eigenvalue weighted by atomic mass is 9.96. The van der Waals surface area contributed by atoms with Crippen LogP contribution < -0.4 is 19.6 Å². The van der Waals surface area contributed by atoms with Crippen LogP contribution in [0.1, 0.15) is 32.8 Å². The summed E-state index contributed by atoms with van der Waals surface area (Å²) in [7, 11) is 1.46. The summed E-state index contributed by atoms with van der Waals surface area (Å²) in [5.41, 5.74) is -2.02. The maximum atomic E-state index is 14.3. The molecule has 9 N–H and O–H groups in total. The van der Waals surface area contributed by atoms with E-state index in [9.17, 15) is 50.8 Å². The second kappa shape index (κ2) is 14.4. The number of benzene rings is 2. The van der Waals surface area contributed by atoms with E-state index in [0.717, 1.165) is 6.07 Å². The topological polar surface area (TPSA) is 258 Å². The van der Waals surface area contributed by atoms with Crippen molar-refractivity contribution in [3.63, 3.8) is 0 Å². The van der Waals surface area contributed by atoms with E-state index in [1.807, 2.05) is 0 Å². The molecule has 2 saturated heterocycles. The first-order valence-corrected chi connectivity index (χ1v) is 15.6. The normalized spacial score (nSPS) is 30.7. The van der Waals surface area contributed by atoms with Crippen molar-refractivity contribution in [1.29, 1.82) is 0 Å². The third-order valence-electron chi connectivity index (χ3n) is 8.64. The van der Waals surface area contributed by atoms with E-state index in [-0.39, 0.29) is 41.1 Å². The highest BCUT2D eigenvalue weighted by Gasteiger charge is 2.46. The Balaban J connectivity index is 1.71. The lowest BCUT2D eigenvalue weighted by Gasteiger charge is -2.39. The Bertz CT molecular complexity index is 1660. The van der Waals surface area contributed by atoms with Gasteiger partial charge in [0.2, 0.25) is 23.8 Å². The number of rotatable bonds is 10. The predicted molar refractivity (Wildman–Crippen MR) is 168 cm³/mol. The molecular formula is C33H42O16. The maximum absolute atomic E-state index is 14.3. The van der Waals surface area contributed by atoms with Crippen molar-refractivity contribution in [3.05, 3.63) is 46.1 Å². The zero-order chi connectivity index (χ0) is 35.9. The van der Waals surface area contributed by atoms with Crippen LogP contribution in [0.4, 0.5) is 0 Å². The molecule has 16 nitrogen and oxygen atoms in total. The lowest BCUT2D eigenvalue weighted by Crippen LogP contribution is -2.60. The number of fused-ring (bicyclic) bond motifs is 1. The zero-order valence-electron chi connectivity index (χ0n) is 27.2. The molecule has 0 saturated carbocycles. The number of phenols is 1. The molecule has 270 valence electrons. The maximum Gasteiger partial charge on any atom is 0.239 e. The summed E-state index contributed by atoms with van der Waals surface area (Å²) in [4.78, 5) is 14.3. The van der Waals surface area contributed by atoms with Gasteiger partial charge in [-0.3, -0.25) is 4.79 Å². The molecule has 0 bridgehead atoms. The number of aryl methyl sites for hydroxylation is 1. The van der Waals surface area contributed by atoms with Crippen molar-refractivity contribution in [3.8, 4) is 34.3 Å². The molecule has 0 amide bonds. The molecule has 3 heterocycles. The van der Waals surface area contributed by atoms with E-state index in [0.29, 0.717) is 5.75 Å². The smallest absolute Gasteiger partial charge is 0.239 e. The van der Waals surface area contributed by atoms with Crippen molar-refractivity contribution in [2.45, 2.75) is 101 Å². The lowest BCUT2D eigenvalue weighted by molar-refractivity contribution is -0.277. The van der Waals surface area contributed by atoms with E-state index in [1.165, 1.54) is 14.0 Å². The molecule has 0 radical (unpaired) electrons. The van der Waals surface area contributed by atoms with E-state index >= 15 is 0 Å². The highest BCUT2D eigenvalue weighted by molar-refractivity contribution is 5.91. The predicted octanol–water partition coefficient (Wildman–Crippen LogP) is -0.737. The Morgan fingerprint density at radius 1 is 0.857 bits per heavy atom. The van der Waals surface area contributed by atoms with Crippen LogP contribution in [0.3, 0.4) is 0 Å². The second-order valence-corrected chi connectivity index (χ2v) is 12.8. The van der Waals surface area contributed by atoms with Gasteiger partial charge in [-0.2, -0.15) is 0 Å². The van der Waals surface area contributed by atoms with Crippen molar-refractivity contribution >= 4 is 11.0 Å². The Kier molecular flexibility index (Phi) is 10.8. The van der Waals surface area contributed by atoms with Crippen LogP contribution in [0.5, 0.6) is 23.0 Å². The van der Waals surface area contributed by atoms with E-state index in [1.54, 1.807) is 38.1 Å². The highest BCUT2D eigenvalue weighted by atomic mass is 16.7. The average Bonchev–Trinajstić information content (AvgIpc) is 3.06. The largest absolute Gasteiger partial charge is 0.507 e. The molecule has 2 fully saturated rings. The number of methoxy groups -OCH3 is 1. The van der Waals surface area contributed by atoms with Gasteiger partial charge in [-0.1, -0.05) is 0 Å². The van der Waals surface area contributed by atoms with Crippen molar-refractivity contribution in [1.82, 2.24) is 0 Å². The fourth-order valence-corrected chi connectivity index (χ4v) is 5.69. The minimum atomic E-state index is -1.81. The van der Waals surface area contributed by atoms with Crippen LogP contribution in [0.15, 0.2) is 39.5 Å². The van der Waals surface area contributed by atoms with Crippen LogP contribution in [0.2, 0.25) is 0 Å². The molecule has 0 unspecified atom stereocenters. The first kappa shape index (κ1) is 36.7. The van der Waals surface area contributed by atoms with Gasteiger partial charge in [0, 0.05) is 17.2 Å². The zero-order valence-corrected chi connectivity index (χ0v) is 27.2.